The highest BCUT2D eigenvalue weighted by Crippen LogP contribution is 2.25. The van der Waals surface area contributed by atoms with Crippen LogP contribution < -0.4 is 0 Å². The minimum Gasteiger partial charge on any atom is -0.465 e. The maximum Gasteiger partial charge on any atom is 0.343 e. The van der Waals surface area contributed by atoms with Crippen molar-refractivity contribution < 1.29 is 18.5 Å². The number of methoxy groups -OCH3 is 1. The second-order valence-corrected chi connectivity index (χ2v) is 2.93. The zero-order valence-corrected chi connectivity index (χ0v) is 8.31. The summed E-state index contributed by atoms with van der Waals surface area (Å²) in [6.07, 6.45) is 1.50. The quantitative estimate of drug-likeness (QED) is 0.705. The van der Waals surface area contributed by atoms with Gasteiger partial charge in [-0.15, -0.1) is 0 Å². The lowest BCUT2D eigenvalue weighted by Gasteiger charge is -1.97. The smallest absolute Gasteiger partial charge is 0.343 e. The monoisotopic (exact) mass is 207 g/mol. The second kappa shape index (κ2) is 3.61. The number of nitrogens with zero attached hydrogens (tertiary/aromatic N) is 1. The molecule has 0 saturated carbocycles. The van der Waals surface area contributed by atoms with E-state index in [1.807, 2.05) is 0 Å². The highest BCUT2D eigenvalue weighted by molar-refractivity contribution is 5.96. The van der Waals surface area contributed by atoms with Crippen molar-refractivity contribution in [1.29, 1.82) is 0 Å². The fourth-order valence-corrected chi connectivity index (χ4v) is 1.30. The molecule has 0 bridgehead atoms. The van der Waals surface area contributed by atoms with Gasteiger partial charge < -0.3 is 13.7 Å². The molecule has 0 aliphatic rings. The van der Waals surface area contributed by atoms with E-state index in [0.717, 1.165) is 0 Å². The van der Waals surface area contributed by atoms with Gasteiger partial charge in [0.2, 0.25) is 0 Å². The summed E-state index contributed by atoms with van der Waals surface area (Å²) in [6.45, 7) is 1.64. The maximum absolute atomic E-state index is 11.4. The molecule has 2 aromatic heterocycles. The first-order chi connectivity index (χ1) is 7.24. The van der Waals surface area contributed by atoms with E-state index in [0.29, 0.717) is 22.8 Å². The Labute approximate surface area is 85.6 Å². The first-order valence-electron chi connectivity index (χ1n) is 4.32. The third-order valence-electron chi connectivity index (χ3n) is 2.01. The standard InChI is InChI=1S/C10H9NO4/c1-6-8(10(12)13-2)9(11-15-6)7-4-3-5-14-7/h3-5H,1-2H3. The SMILES string of the molecule is COC(=O)c1c(-c2ccco2)noc1C. The summed E-state index contributed by atoms with van der Waals surface area (Å²) < 4.78 is 14.7. The second-order valence-electron chi connectivity index (χ2n) is 2.93. The topological polar surface area (TPSA) is 65.5 Å². The average Bonchev–Trinajstić information content (AvgIpc) is 2.85. The minimum absolute atomic E-state index is 0.299. The average molecular weight is 207 g/mol. The fraction of sp³-hybridized carbons (Fsp3) is 0.200. The molecule has 0 radical (unpaired) electrons. The molecular weight excluding hydrogens is 198 g/mol. The minimum atomic E-state index is -0.486. The van der Waals surface area contributed by atoms with Crippen LogP contribution in [0, 0.1) is 6.92 Å². The Balaban J connectivity index is 2.54. The van der Waals surface area contributed by atoms with Crippen LogP contribution in [0.1, 0.15) is 16.1 Å². The zero-order valence-electron chi connectivity index (χ0n) is 8.31. The van der Waals surface area contributed by atoms with Crippen molar-refractivity contribution in [2.75, 3.05) is 7.11 Å². The molecule has 15 heavy (non-hydrogen) atoms. The third-order valence-corrected chi connectivity index (χ3v) is 2.01. The predicted octanol–water partition coefficient (Wildman–Crippen LogP) is 2.03. The molecule has 2 rings (SSSR count). The highest BCUT2D eigenvalue weighted by Gasteiger charge is 2.23. The number of carbonyl (C=O) groups is 1. The van der Waals surface area contributed by atoms with Crippen LogP contribution in [0.2, 0.25) is 0 Å². The third kappa shape index (κ3) is 1.52. The maximum atomic E-state index is 11.4. The van der Waals surface area contributed by atoms with Crippen molar-refractivity contribution in [3.8, 4) is 11.5 Å². The molecule has 2 aromatic rings. The molecule has 78 valence electrons. The molecule has 0 fully saturated rings. The van der Waals surface area contributed by atoms with E-state index in [2.05, 4.69) is 9.89 Å². The van der Waals surface area contributed by atoms with Gasteiger partial charge in [-0.1, -0.05) is 5.16 Å². The van der Waals surface area contributed by atoms with E-state index >= 15 is 0 Å². The summed E-state index contributed by atoms with van der Waals surface area (Å²) in [5, 5.41) is 3.76. The Morgan fingerprint density at radius 1 is 1.53 bits per heavy atom. The Kier molecular flexibility index (Phi) is 2.29. The van der Waals surface area contributed by atoms with E-state index in [9.17, 15) is 4.79 Å². The van der Waals surface area contributed by atoms with Crippen LogP contribution in [0.5, 0.6) is 0 Å². The van der Waals surface area contributed by atoms with Gasteiger partial charge in [0.05, 0.1) is 13.4 Å². The number of rotatable bonds is 2. The van der Waals surface area contributed by atoms with Crippen LogP contribution in [-0.2, 0) is 4.74 Å². The Morgan fingerprint density at radius 3 is 2.93 bits per heavy atom. The number of aryl methyl sites for hydroxylation is 1. The highest BCUT2D eigenvalue weighted by atomic mass is 16.5. The van der Waals surface area contributed by atoms with E-state index in [1.54, 1.807) is 19.1 Å². The number of aromatic nitrogens is 1. The van der Waals surface area contributed by atoms with Crippen LogP contribution in [0.4, 0.5) is 0 Å². The zero-order chi connectivity index (χ0) is 10.8. The Hall–Kier alpha value is -2.04. The largest absolute Gasteiger partial charge is 0.465 e. The Bertz CT molecular complexity index is 470. The lowest BCUT2D eigenvalue weighted by Crippen LogP contribution is -2.03. The molecule has 2 heterocycles. The predicted molar refractivity (Wildman–Crippen MR) is 50.3 cm³/mol. The number of carbonyl (C=O) groups excluding carboxylic acids is 1. The van der Waals surface area contributed by atoms with E-state index in [-0.39, 0.29) is 0 Å². The van der Waals surface area contributed by atoms with Crippen molar-refractivity contribution in [3.63, 3.8) is 0 Å². The van der Waals surface area contributed by atoms with Gasteiger partial charge in [-0.05, 0) is 19.1 Å². The molecular formula is C10H9NO4. The molecule has 0 atom stereocenters. The molecule has 0 aliphatic heterocycles. The van der Waals surface area contributed by atoms with E-state index in [4.69, 9.17) is 8.94 Å². The summed E-state index contributed by atoms with van der Waals surface area (Å²) in [5.41, 5.74) is 0.664. The fourth-order valence-electron chi connectivity index (χ4n) is 1.30. The molecule has 0 aromatic carbocycles. The molecule has 0 N–H and O–H groups in total. The van der Waals surface area contributed by atoms with E-state index < -0.39 is 5.97 Å². The molecule has 5 nitrogen and oxygen atoms in total. The molecule has 0 saturated heterocycles. The van der Waals surface area contributed by atoms with Crippen molar-refractivity contribution in [1.82, 2.24) is 5.16 Å². The lowest BCUT2D eigenvalue weighted by atomic mass is 10.1. The first-order valence-corrected chi connectivity index (χ1v) is 4.32. The van der Waals surface area contributed by atoms with Crippen LogP contribution in [0.25, 0.3) is 11.5 Å². The number of hydrogen-bond donors (Lipinski definition) is 0. The van der Waals surface area contributed by atoms with Gasteiger partial charge in [-0.25, -0.2) is 4.79 Å². The summed E-state index contributed by atoms with van der Waals surface area (Å²) in [4.78, 5) is 11.4. The van der Waals surface area contributed by atoms with Crippen LogP contribution in [-0.4, -0.2) is 18.2 Å². The number of esters is 1. The summed E-state index contributed by atoms with van der Waals surface area (Å²) in [6, 6.07) is 3.41. The lowest BCUT2D eigenvalue weighted by molar-refractivity contribution is 0.0599. The number of ether oxygens (including phenoxy) is 1. The van der Waals surface area contributed by atoms with Gasteiger partial charge in [-0.3, -0.25) is 0 Å². The van der Waals surface area contributed by atoms with Crippen molar-refractivity contribution in [2.24, 2.45) is 0 Å². The first kappa shape index (κ1) is 9.51. The van der Waals surface area contributed by atoms with Gasteiger partial charge in [0.1, 0.15) is 11.3 Å². The Morgan fingerprint density at radius 2 is 2.33 bits per heavy atom. The van der Waals surface area contributed by atoms with Gasteiger partial charge >= 0.3 is 5.97 Å². The normalized spacial score (nSPS) is 10.3. The summed E-state index contributed by atoms with van der Waals surface area (Å²) in [5.74, 6) is 0.403. The van der Waals surface area contributed by atoms with Gasteiger partial charge in [-0.2, -0.15) is 0 Å². The summed E-state index contributed by atoms with van der Waals surface area (Å²) >= 11 is 0. The summed E-state index contributed by atoms with van der Waals surface area (Å²) in [7, 11) is 1.31. The molecule has 0 spiro atoms. The van der Waals surface area contributed by atoms with Crippen LogP contribution in [0.15, 0.2) is 27.3 Å². The van der Waals surface area contributed by atoms with Crippen LogP contribution >= 0.6 is 0 Å². The number of hydrogen-bond acceptors (Lipinski definition) is 5. The van der Waals surface area contributed by atoms with Crippen molar-refractivity contribution in [2.45, 2.75) is 6.92 Å². The molecule has 0 unspecified atom stereocenters. The van der Waals surface area contributed by atoms with Crippen molar-refractivity contribution in [3.05, 3.63) is 29.7 Å². The number of furan rings is 1. The van der Waals surface area contributed by atoms with E-state index in [1.165, 1.54) is 13.4 Å². The van der Waals surface area contributed by atoms with Crippen molar-refractivity contribution >= 4 is 5.97 Å². The molecule has 5 heteroatoms. The molecule has 0 amide bonds. The van der Waals surface area contributed by atoms with Gasteiger partial charge in [0, 0.05) is 0 Å². The van der Waals surface area contributed by atoms with Gasteiger partial charge in [0.15, 0.2) is 11.5 Å². The van der Waals surface area contributed by atoms with Crippen LogP contribution in [0.3, 0.4) is 0 Å². The van der Waals surface area contributed by atoms with Gasteiger partial charge in [0.25, 0.3) is 0 Å². The molecule has 0 aliphatic carbocycles.